The van der Waals surface area contributed by atoms with Gasteiger partial charge in [0.25, 0.3) is 0 Å². The summed E-state index contributed by atoms with van der Waals surface area (Å²) in [6.07, 6.45) is -4.00. The number of aliphatic hydroxyl groups is 1. The fourth-order valence-corrected chi connectivity index (χ4v) is 3.69. The van der Waals surface area contributed by atoms with Gasteiger partial charge in [0.2, 0.25) is 0 Å². The fourth-order valence-electron chi connectivity index (χ4n) is 2.80. The summed E-state index contributed by atoms with van der Waals surface area (Å²) < 4.78 is 78.0. The average molecular weight is 503 g/mol. The lowest BCUT2D eigenvalue weighted by Gasteiger charge is -2.17. The number of aromatic nitrogens is 2. The molecule has 3 rings (SSSR count). The maximum absolute atomic E-state index is 13.6. The van der Waals surface area contributed by atoms with Gasteiger partial charge in [0, 0.05) is 11.6 Å². The third-order valence-electron chi connectivity index (χ3n) is 4.72. The van der Waals surface area contributed by atoms with Crippen molar-refractivity contribution in [3.8, 4) is 22.1 Å². The third-order valence-corrected chi connectivity index (χ3v) is 5.97. The van der Waals surface area contributed by atoms with Crippen molar-refractivity contribution in [2.75, 3.05) is 19.8 Å². The first-order valence-electron chi connectivity index (χ1n) is 10.2. The van der Waals surface area contributed by atoms with Crippen LogP contribution in [-0.4, -0.2) is 35.1 Å². The maximum Gasteiger partial charge on any atom is 0.419 e. The molecule has 0 aliphatic heterocycles. The largest absolute Gasteiger partial charge is 0.493 e. The van der Waals surface area contributed by atoms with Crippen LogP contribution in [0.1, 0.15) is 30.3 Å². The predicted molar refractivity (Wildman–Crippen MR) is 116 cm³/mol. The Labute approximate surface area is 196 Å². The molecule has 1 atom stereocenters. The highest BCUT2D eigenvalue weighted by Crippen LogP contribution is 2.39. The first-order chi connectivity index (χ1) is 16.0. The van der Waals surface area contributed by atoms with Crippen LogP contribution in [0.4, 0.5) is 22.0 Å². The van der Waals surface area contributed by atoms with Gasteiger partial charge < -0.3 is 20.3 Å². The van der Waals surface area contributed by atoms with Crippen LogP contribution in [0.5, 0.6) is 11.5 Å². The van der Waals surface area contributed by atoms with Crippen molar-refractivity contribution in [3.63, 3.8) is 0 Å². The SMILES string of the molecule is C[C@](N)(CO)c1nnc(-c2ccc(OCCCCOc3cc(F)ccc3F)c(C(F)(F)F)c2)s1. The molecule has 0 bridgehead atoms. The number of benzene rings is 2. The molecular weight excluding hydrogens is 481 g/mol. The molecule has 0 aliphatic rings. The molecule has 0 amide bonds. The minimum absolute atomic E-state index is 0.0393. The molecule has 0 saturated heterocycles. The smallest absolute Gasteiger partial charge is 0.419 e. The summed E-state index contributed by atoms with van der Waals surface area (Å²) in [5.74, 6) is -1.93. The molecule has 1 aromatic heterocycles. The molecule has 3 aromatic rings. The maximum atomic E-state index is 13.6. The van der Waals surface area contributed by atoms with Gasteiger partial charge in [-0.15, -0.1) is 10.2 Å². The topological polar surface area (TPSA) is 90.5 Å². The first-order valence-corrected chi connectivity index (χ1v) is 11.0. The van der Waals surface area contributed by atoms with Crippen LogP contribution in [0.3, 0.4) is 0 Å². The van der Waals surface area contributed by atoms with Crippen molar-refractivity contribution < 1.29 is 36.5 Å². The Morgan fingerprint density at radius 2 is 1.65 bits per heavy atom. The highest BCUT2D eigenvalue weighted by atomic mass is 32.1. The second-order valence-electron chi connectivity index (χ2n) is 7.68. The Morgan fingerprint density at radius 3 is 2.29 bits per heavy atom. The van der Waals surface area contributed by atoms with E-state index in [1.807, 2.05) is 0 Å². The summed E-state index contributed by atoms with van der Waals surface area (Å²) in [6, 6.07) is 6.38. The minimum atomic E-state index is -4.68. The van der Waals surface area contributed by atoms with E-state index in [1.165, 1.54) is 19.1 Å². The Bertz CT molecular complexity index is 1120. The van der Waals surface area contributed by atoms with Gasteiger partial charge >= 0.3 is 6.18 Å². The molecule has 3 N–H and O–H groups in total. The molecule has 0 saturated carbocycles. The molecule has 184 valence electrons. The second kappa shape index (κ2) is 10.6. The number of aliphatic hydroxyl groups excluding tert-OH is 1. The van der Waals surface area contributed by atoms with Gasteiger partial charge in [0.1, 0.15) is 21.6 Å². The van der Waals surface area contributed by atoms with E-state index in [4.69, 9.17) is 15.2 Å². The number of ether oxygens (including phenoxy) is 2. The van der Waals surface area contributed by atoms with Gasteiger partial charge in [-0.05, 0) is 50.1 Å². The highest BCUT2D eigenvalue weighted by molar-refractivity contribution is 7.14. The van der Waals surface area contributed by atoms with E-state index in [-0.39, 0.29) is 35.3 Å². The average Bonchev–Trinajstić information content (AvgIpc) is 3.29. The first kappa shape index (κ1) is 25.8. The molecule has 6 nitrogen and oxygen atoms in total. The lowest BCUT2D eigenvalue weighted by Crippen LogP contribution is -2.36. The number of nitrogens with two attached hydrogens (primary N) is 1. The third kappa shape index (κ3) is 6.39. The molecule has 0 unspecified atom stereocenters. The lowest BCUT2D eigenvalue weighted by atomic mass is 10.1. The number of halogens is 5. The lowest BCUT2D eigenvalue weighted by molar-refractivity contribution is -0.138. The summed E-state index contributed by atoms with van der Waals surface area (Å²) in [6.45, 7) is 1.14. The van der Waals surface area contributed by atoms with Gasteiger partial charge in [-0.25, -0.2) is 8.78 Å². The van der Waals surface area contributed by atoms with E-state index >= 15 is 0 Å². The van der Waals surface area contributed by atoms with Gasteiger partial charge in [-0.2, -0.15) is 13.2 Å². The summed E-state index contributed by atoms with van der Waals surface area (Å²) >= 11 is 0.990. The highest BCUT2D eigenvalue weighted by Gasteiger charge is 2.35. The number of unbranched alkanes of at least 4 members (excludes halogenated alkanes) is 1. The molecule has 12 heteroatoms. The van der Waals surface area contributed by atoms with E-state index in [0.29, 0.717) is 17.8 Å². The zero-order valence-corrected chi connectivity index (χ0v) is 18.8. The monoisotopic (exact) mass is 503 g/mol. The molecule has 2 aromatic carbocycles. The zero-order chi connectivity index (χ0) is 24.9. The van der Waals surface area contributed by atoms with Crippen LogP contribution < -0.4 is 15.2 Å². The molecule has 0 aliphatic carbocycles. The summed E-state index contributed by atoms with van der Waals surface area (Å²) in [7, 11) is 0. The summed E-state index contributed by atoms with van der Waals surface area (Å²) in [5.41, 5.74) is 3.95. The van der Waals surface area contributed by atoms with E-state index in [1.54, 1.807) is 0 Å². The zero-order valence-electron chi connectivity index (χ0n) is 18.0. The number of alkyl halides is 3. The molecule has 34 heavy (non-hydrogen) atoms. The van der Waals surface area contributed by atoms with Gasteiger partial charge in [0.05, 0.1) is 30.9 Å². The van der Waals surface area contributed by atoms with Crippen molar-refractivity contribution in [2.45, 2.75) is 31.5 Å². The fraction of sp³-hybridized carbons (Fsp3) is 0.364. The normalized spacial score (nSPS) is 13.5. The van der Waals surface area contributed by atoms with Gasteiger partial charge in [0.15, 0.2) is 11.6 Å². The van der Waals surface area contributed by atoms with Crippen molar-refractivity contribution in [2.24, 2.45) is 5.73 Å². The van der Waals surface area contributed by atoms with E-state index < -0.39 is 35.5 Å². The Hall–Kier alpha value is -2.83. The standard InChI is InChI=1S/C22H22F5N3O3S/c1-21(28,12-31)20-30-29-19(34-20)13-4-7-17(15(10-13)22(25,26)27)32-8-2-3-9-33-18-11-14(23)5-6-16(18)24/h4-7,10-11,31H,2-3,8-9,12,28H2,1H3/t21-/m0/s1. The van der Waals surface area contributed by atoms with Gasteiger partial charge in [-0.3, -0.25) is 0 Å². The van der Waals surface area contributed by atoms with Crippen molar-refractivity contribution in [3.05, 3.63) is 58.6 Å². The van der Waals surface area contributed by atoms with Crippen molar-refractivity contribution in [1.29, 1.82) is 0 Å². The van der Waals surface area contributed by atoms with E-state index in [9.17, 15) is 27.1 Å². The van der Waals surface area contributed by atoms with Crippen LogP contribution in [-0.2, 0) is 11.7 Å². The van der Waals surface area contributed by atoms with E-state index in [0.717, 1.165) is 35.6 Å². The quantitative estimate of drug-likeness (QED) is 0.302. The van der Waals surface area contributed by atoms with Crippen LogP contribution >= 0.6 is 11.3 Å². The molecule has 0 spiro atoms. The van der Waals surface area contributed by atoms with Crippen molar-refractivity contribution in [1.82, 2.24) is 10.2 Å². The Kier molecular flexibility index (Phi) is 8.05. The van der Waals surface area contributed by atoms with Crippen LogP contribution in [0.25, 0.3) is 10.6 Å². The Morgan fingerprint density at radius 1 is 0.971 bits per heavy atom. The number of nitrogens with zero attached hydrogens (tertiary/aromatic N) is 2. The van der Waals surface area contributed by atoms with Crippen LogP contribution in [0, 0.1) is 11.6 Å². The van der Waals surface area contributed by atoms with Crippen molar-refractivity contribution >= 4 is 11.3 Å². The molecule has 0 fully saturated rings. The number of hydrogen-bond donors (Lipinski definition) is 2. The number of rotatable bonds is 10. The van der Waals surface area contributed by atoms with E-state index in [2.05, 4.69) is 10.2 Å². The molecule has 0 radical (unpaired) electrons. The van der Waals surface area contributed by atoms with Crippen LogP contribution in [0.2, 0.25) is 0 Å². The van der Waals surface area contributed by atoms with Gasteiger partial charge in [-0.1, -0.05) is 11.3 Å². The number of hydrogen-bond acceptors (Lipinski definition) is 7. The second-order valence-corrected chi connectivity index (χ2v) is 8.65. The molecular formula is C22H22F5N3O3S. The predicted octanol–water partition coefficient (Wildman–Crippen LogP) is 4.91. The summed E-state index contributed by atoms with van der Waals surface area (Å²) in [4.78, 5) is 0. The minimum Gasteiger partial charge on any atom is -0.493 e. The Balaban J connectivity index is 1.62. The molecule has 1 heterocycles. The summed E-state index contributed by atoms with van der Waals surface area (Å²) in [5, 5.41) is 17.6. The van der Waals surface area contributed by atoms with Crippen LogP contribution in [0.15, 0.2) is 36.4 Å².